The minimum Gasteiger partial charge on any atom is -0.372 e. The Hall–Kier alpha value is -1.33. The molecule has 1 fully saturated rings. The first-order chi connectivity index (χ1) is 7.93. The van der Waals surface area contributed by atoms with Crippen LogP contribution >= 0.6 is 11.3 Å². The van der Waals surface area contributed by atoms with E-state index >= 15 is 0 Å². The quantitative estimate of drug-likeness (QED) is 0.799. The molecule has 0 radical (unpaired) electrons. The Kier molecular flexibility index (Phi) is 2.63. The van der Waals surface area contributed by atoms with E-state index in [0.29, 0.717) is 0 Å². The first-order valence-corrected chi connectivity index (χ1v) is 6.15. The van der Waals surface area contributed by atoms with E-state index < -0.39 is 0 Å². The molecule has 3 heterocycles. The fourth-order valence-corrected chi connectivity index (χ4v) is 2.59. The van der Waals surface area contributed by atoms with Crippen molar-refractivity contribution in [3.8, 4) is 10.7 Å². The van der Waals surface area contributed by atoms with Crippen LogP contribution in [0.5, 0.6) is 0 Å². The summed E-state index contributed by atoms with van der Waals surface area (Å²) in [5, 5.41) is 2.97. The van der Waals surface area contributed by atoms with Crippen LogP contribution in [-0.4, -0.2) is 21.6 Å². The third-order valence-corrected chi connectivity index (χ3v) is 3.45. The topological polar surface area (TPSA) is 47.9 Å². The minimum absolute atomic E-state index is 0.182. The van der Waals surface area contributed by atoms with Gasteiger partial charge in [0.2, 0.25) is 0 Å². The molecule has 0 saturated carbocycles. The van der Waals surface area contributed by atoms with E-state index in [-0.39, 0.29) is 6.10 Å². The van der Waals surface area contributed by atoms with Crippen LogP contribution in [0.2, 0.25) is 0 Å². The Morgan fingerprint density at radius 2 is 2.38 bits per heavy atom. The van der Waals surface area contributed by atoms with Crippen molar-refractivity contribution >= 4 is 11.3 Å². The van der Waals surface area contributed by atoms with Crippen molar-refractivity contribution in [1.82, 2.24) is 15.0 Å². The normalized spacial score (nSPS) is 20.1. The van der Waals surface area contributed by atoms with E-state index in [4.69, 9.17) is 4.74 Å². The molecule has 1 atom stereocenters. The SMILES string of the molecule is c1cnc(-c2nc(C3CCCO3)cs2)cn1. The van der Waals surface area contributed by atoms with E-state index in [9.17, 15) is 0 Å². The minimum atomic E-state index is 0.182. The maximum Gasteiger partial charge on any atom is 0.143 e. The number of ether oxygens (including phenoxy) is 1. The molecule has 4 nitrogen and oxygen atoms in total. The molecule has 0 bridgehead atoms. The lowest BCUT2D eigenvalue weighted by Gasteiger charge is -2.03. The van der Waals surface area contributed by atoms with Gasteiger partial charge in [-0.3, -0.25) is 9.97 Å². The average molecular weight is 233 g/mol. The Labute approximate surface area is 97.4 Å². The molecule has 0 aliphatic carbocycles. The zero-order valence-corrected chi connectivity index (χ0v) is 9.48. The second-order valence-electron chi connectivity index (χ2n) is 3.67. The lowest BCUT2D eigenvalue weighted by atomic mass is 10.2. The van der Waals surface area contributed by atoms with Crippen molar-refractivity contribution in [2.45, 2.75) is 18.9 Å². The average Bonchev–Trinajstić information content (AvgIpc) is 3.01. The summed E-state index contributed by atoms with van der Waals surface area (Å²) in [5.74, 6) is 0. The van der Waals surface area contributed by atoms with Crippen molar-refractivity contribution < 1.29 is 4.74 Å². The van der Waals surface area contributed by atoms with Crippen molar-refractivity contribution in [3.63, 3.8) is 0 Å². The molecule has 16 heavy (non-hydrogen) atoms. The van der Waals surface area contributed by atoms with Crippen LogP contribution in [0.25, 0.3) is 10.7 Å². The molecule has 2 aromatic heterocycles. The van der Waals surface area contributed by atoms with Gasteiger partial charge in [0.25, 0.3) is 0 Å². The lowest BCUT2D eigenvalue weighted by molar-refractivity contribution is 0.109. The third kappa shape index (κ3) is 1.83. The molecule has 0 N–H and O–H groups in total. The first-order valence-electron chi connectivity index (χ1n) is 5.27. The molecule has 1 unspecified atom stereocenters. The van der Waals surface area contributed by atoms with Crippen molar-refractivity contribution in [2.75, 3.05) is 6.61 Å². The van der Waals surface area contributed by atoms with E-state index in [0.717, 1.165) is 35.8 Å². The van der Waals surface area contributed by atoms with Crippen LogP contribution in [0.3, 0.4) is 0 Å². The Morgan fingerprint density at radius 3 is 3.12 bits per heavy atom. The lowest BCUT2D eigenvalue weighted by Crippen LogP contribution is -1.95. The highest BCUT2D eigenvalue weighted by molar-refractivity contribution is 7.13. The van der Waals surface area contributed by atoms with E-state index in [1.807, 2.05) is 0 Å². The van der Waals surface area contributed by atoms with Crippen LogP contribution in [-0.2, 0) is 4.74 Å². The summed E-state index contributed by atoms with van der Waals surface area (Å²) in [6, 6.07) is 0. The summed E-state index contributed by atoms with van der Waals surface area (Å²) >= 11 is 1.60. The summed E-state index contributed by atoms with van der Waals surface area (Å²) in [4.78, 5) is 12.8. The van der Waals surface area contributed by atoms with Gasteiger partial charge < -0.3 is 4.74 Å². The maximum atomic E-state index is 5.60. The number of nitrogens with zero attached hydrogens (tertiary/aromatic N) is 3. The molecule has 1 saturated heterocycles. The van der Waals surface area contributed by atoms with Gasteiger partial charge in [-0.05, 0) is 12.8 Å². The highest BCUT2D eigenvalue weighted by atomic mass is 32.1. The molecule has 1 aliphatic rings. The van der Waals surface area contributed by atoms with Crippen LogP contribution in [0, 0.1) is 0 Å². The summed E-state index contributed by atoms with van der Waals surface area (Å²) in [6.45, 7) is 0.850. The van der Waals surface area contributed by atoms with Gasteiger partial charge in [-0.1, -0.05) is 0 Å². The van der Waals surface area contributed by atoms with Gasteiger partial charge in [0, 0.05) is 24.4 Å². The molecule has 2 aromatic rings. The highest BCUT2D eigenvalue weighted by Gasteiger charge is 2.20. The smallest absolute Gasteiger partial charge is 0.143 e. The number of aromatic nitrogens is 3. The fraction of sp³-hybridized carbons (Fsp3) is 0.364. The van der Waals surface area contributed by atoms with Crippen LogP contribution in [0.1, 0.15) is 24.6 Å². The maximum absolute atomic E-state index is 5.60. The molecule has 0 spiro atoms. The summed E-state index contributed by atoms with van der Waals surface area (Å²) in [7, 11) is 0. The molecule has 0 aromatic carbocycles. The standard InChI is InChI=1S/C11H11N3OS/c1-2-10(15-5-1)9-7-16-11(14-9)8-6-12-3-4-13-8/h3-4,6-7,10H,1-2,5H2. The van der Waals surface area contributed by atoms with Crippen LogP contribution < -0.4 is 0 Å². The predicted molar refractivity (Wildman–Crippen MR) is 61.1 cm³/mol. The van der Waals surface area contributed by atoms with Crippen molar-refractivity contribution in [1.29, 1.82) is 0 Å². The Bertz CT molecular complexity index is 465. The zero-order valence-electron chi connectivity index (χ0n) is 8.67. The summed E-state index contributed by atoms with van der Waals surface area (Å²) in [6.07, 6.45) is 7.46. The monoisotopic (exact) mass is 233 g/mol. The molecule has 0 amide bonds. The van der Waals surface area contributed by atoms with Crippen LogP contribution in [0.4, 0.5) is 0 Å². The Morgan fingerprint density at radius 1 is 1.38 bits per heavy atom. The van der Waals surface area contributed by atoms with Gasteiger partial charge in [-0.2, -0.15) is 0 Å². The second kappa shape index (κ2) is 4.27. The van der Waals surface area contributed by atoms with Gasteiger partial charge in [0.05, 0.1) is 11.9 Å². The summed E-state index contributed by atoms with van der Waals surface area (Å²) < 4.78 is 5.60. The van der Waals surface area contributed by atoms with E-state index in [1.54, 1.807) is 29.9 Å². The Balaban J connectivity index is 1.87. The summed E-state index contributed by atoms with van der Waals surface area (Å²) in [5.41, 5.74) is 1.86. The molecule has 5 heteroatoms. The molecular weight excluding hydrogens is 222 g/mol. The second-order valence-corrected chi connectivity index (χ2v) is 4.53. The van der Waals surface area contributed by atoms with E-state index in [1.165, 1.54) is 0 Å². The number of rotatable bonds is 2. The van der Waals surface area contributed by atoms with Gasteiger partial charge in [0.1, 0.15) is 16.8 Å². The van der Waals surface area contributed by atoms with Gasteiger partial charge in [-0.15, -0.1) is 11.3 Å². The molecule has 3 rings (SSSR count). The molecule has 1 aliphatic heterocycles. The number of hydrogen-bond acceptors (Lipinski definition) is 5. The fourth-order valence-electron chi connectivity index (χ4n) is 1.77. The molecule has 82 valence electrons. The highest BCUT2D eigenvalue weighted by Crippen LogP contribution is 2.31. The predicted octanol–water partition coefficient (Wildman–Crippen LogP) is 2.45. The zero-order chi connectivity index (χ0) is 10.8. The van der Waals surface area contributed by atoms with Crippen LogP contribution in [0.15, 0.2) is 24.0 Å². The van der Waals surface area contributed by atoms with Gasteiger partial charge in [-0.25, -0.2) is 4.98 Å². The van der Waals surface area contributed by atoms with Gasteiger partial charge in [0.15, 0.2) is 0 Å². The third-order valence-electron chi connectivity index (χ3n) is 2.56. The first kappa shape index (κ1) is 9.86. The number of hydrogen-bond donors (Lipinski definition) is 0. The molecular formula is C11H11N3OS. The number of thiazole rings is 1. The van der Waals surface area contributed by atoms with Gasteiger partial charge >= 0.3 is 0 Å². The largest absolute Gasteiger partial charge is 0.372 e. The van der Waals surface area contributed by atoms with E-state index in [2.05, 4.69) is 20.3 Å². The van der Waals surface area contributed by atoms with Crippen molar-refractivity contribution in [3.05, 3.63) is 29.7 Å². The van der Waals surface area contributed by atoms with Crippen molar-refractivity contribution in [2.24, 2.45) is 0 Å².